The van der Waals surface area contributed by atoms with Crippen LogP contribution in [0.1, 0.15) is 26.2 Å². The zero-order valence-corrected chi connectivity index (χ0v) is 11.1. The maximum Gasteiger partial charge on any atom is 0.340 e. The number of nitroso groups, excluding NO2 is 1. The van der Waals surface area contributed by atoms with Crippen molar-refractivity contribution < 1.29 is 15.0 Å². The minimum Gasteiger partial charge on any atom is -0.394 e. The van der Waals surface area contributed by atoms with E-state index in [2.05, 4.69) is 10.6 Å². The smallest absolute Gasteiger partial charge is 0.340 e. The number of aliphatic hydroxyl groups is 2. The third-order valence-corrected chi connectivity index (χ3v) is 2.63. The first-order chi connectivity index (χ1) is 8.60. The molecule has 0 rings (SSSR count). The molecule has 0 heterocycles. The van der Waals surface area contributed by atoms with Crippen LogP contribution < -0.4 is 5.32 Å². The second-order valence-electron chi connectivity index (χ2n) is 3.84. The van der Waals surface area contributed by atoms with Crippen LogP contribution in [-0.2, 0) is 0 Å². The first kappa shape index (κ1) is 17.1. The van der Waals surface area contributed by atoms with Gasteiger partial charge in [0.05, 0.1) is 30.6 Å². The fourth-order valence-corrected chi connectivity index (χ4v) is 1.56. The largest absolute Gasteiger partial charge is 0.394 e. The van der Waals surface area contributed by atoms with Crippen molar-refractivity contribution in [3.63, 3.8) is 0 Å². The molecule has 3 N–H and O–H groups in total. The summed E-state index contributed by atoms with van der Waals surface area (Å²) in [6.45, 7) is 1.50. The monoisotopic (exact) mass is 281 g/mol. The normalized spacial score (nSPS) is 13.8. The lowest BCUT2D eigenvalue weighted by Crippen LogP contribution is -2.49. The Balaban J connectivity index is 4.44. The second-order valence-corrected chi connectivity index (χ2v) is 4.22. The number of urea groups is 1. The summed E-state index contributed by atoms with van der Waals surface area (Å²) in [5.41, 5.74) is 0. The standard InChI is InChI=1S/C10H20ClN3O4/c1-2-3-4-8(9(16)7-15)12-10(17)14(13-18)6-5-11/h8-9,15-16H,2-7H2,1H3,(H,12,17). The molecule has 0 saturated heterocycles. The molecule has 0 aliphatic carbocycles. The number of alkyl halides is 1. The first-order valence-corrected chi connectivity index (χ1v) is 6.40. The van der Waals surface area contributed by atoms with Gasteiger partial charge in [0.15, 0.2) is 0 Å². The van der Waals surface area contributed by atoms with E-state index in [9.17, 15) is 14.8 Å². The molecule has 18 heavy (non-hydrogen) atoms. The third kappa shape index (κ3) is 6.13. The Morgan fingerprint density at radius 1 is 1.56 bits per heavy atom. The third-order valence-electron chi connectivity index (χ3n) is 2.46. The van der Waals surface area contributed by atoms with Crippen molar-refractivity contribution in [3.05, 3.63) is 4.91 Å². The molecule has 0 bridgehead atoms. The highest BCUT2D eigenvalue weighted by molar-refractivity contribution is 6.18. The van der Waals surface area contributed by atoms with Crippen molar-refractivity contribution in [2.24, 2.45) is 5.29 Å². The molecule has 2 unspecified atom stereocenters. The summed E-state index contributed by atoms with van der Waals surface area (Å²) in [6.07, 6.45) is 1.12. The Bertz CT molecular complexity index is 255. The highest BCUT2D eigenvalue weighted by Gasteiger charge is 2.23. The SMILES string of the molecule is CCCCC(NC(=O)N(CCCl)N=O)C(O)CO. The summed E-state index contributed by atoms with van der Waals surface area (Å²) in [4.78, 5) is 22.0. The Kier molecular flexibility index (Phi) is 9.53. The van der Waals surface area contributed by atoms with Crippen LogP contribution in [0.4, 0.5) is 4.79 Å². The van der Waals surface area contributed by atoms with Crippen LogP contribution in [0.15, 0.2) is 5.29 Å². The lowest BCUT2D eigenvalue weighted by Gasteiger charge is -2.24. The molecule has 8 heteroatoms. The number of aliphatic hydroxyl groups excluding tert-OH is 2. The second kappa shape index (κ2) is 10.0. The van der Waals surface area contributed by atoms with Gasteiger partial charge >= 0.3 is 6.03 Å². The van der Waals surface area contributed by atoms with Gasteiger partial charge in [0.1, 0.15) is 0 Å². The van der Waals surface area contributed by atoms with Gasteiger partial charge in [-0.05, 0) is 6.42 Å². The van der Waals surface area contributed by atoms with E-state index in [0.717, 1.165) is 12.8 Å². The predicted octanol–water partition coefficient (Wildman–Crippen LogP) is 0.830. The minimum atomic E-state index is -1.06. The number of carbonyl (C=O) groups excluding carboxylic acids is 1. The summed E-state index contributed by atoms with van der Waals surface area (Å²) in [5.74, 6) is 0.0847. The van der Waals surface area contributed by atoms with Crippen LogP contribution in [0.5, 0.6) is 0 Å². The molecule has 0 aromatic carbocycles. The van der Waals surface area contributed by atoms with E-state index in [4.69, 9.17) is 16.7 Å². The van der Waals surface area contributed by atoms with Gasteiger partial charge in [-0.25, -0.2) is 4.79 Å². The van der Waals surface area contributed by atoms with Gasteiger partial charge < -0.3 is 15.5 Å². The first-order valence-electron chi connectivity index (χ1n) is 5.86. The molecular weight excluding hydrogens is 262 g/mol. The zero-order chi connectivity index (χ0) is 14.0. The number of hydrogen-bond donors (Lipinski definition) is 3. The molecule has 0 radical (unpaired) electrons. The van der Waals surface area contributed by atoms with Crippen molar-refractivity contribution >= 4 is 17.6 Å². The lowest BCUT2D eigenvalue weighted by molar-refractivity contribution is 0.0600. The van der Waals surface area contributed by atoms with E-state index in [0.29, 0.717) is 11.4 Å². The van der Waals surface area contributed by atoms with Crippen LogP contribution in [0.2, 0.25) is 0 Å². The maximum absolute atomic E-state index is 11.6. The molecule has 0 aromatic rings. The topological polar surface area (TPSA) is 102 Å². The van der Waals surface area contributed by atoms with E-state index in [-0.39, 0.29) is 12.4 Å². The molecule has 2 amide bonds. The maximum atomic E-state index is 11.6. The van der Waals surface area contributed by atoms with Gasteiger partial charge in [0.2, 0.25) is 0 Å². The van der Waals surface area contributed by atoms with Crippen LogP contribution >= 0.6 is 11.6 Å². The van der Waals surface area contributed by atoms with Crippen LogP contribution in [0.25, 0.3) is 0 Å². The highest BCUT2D eigenvalue weighted by atomic mass is 35.5. The molecular formula is C10H20ClN3O4. The van der Waals surface area contributed by atoms with Gasteiger partial charge in [-0.2, -0.15) is 5.01 Å². The summed E-state index contributed by atoms with van der Waals surface area (Å²) in [5, 5.41) is 24.1. The molecule has 0 fully saturated rings. The quantitative estimate of drug-likeness (QED) is 0.331. The number of nitrogens with zero attached hydrogens (tertiary/aromatic N) is 2. The van der Waals surface area contributed by atoms with E-state index < -0.39 is 24.8 Å². The average molecular weight is 282 g/mol. The lowest BCUT2D eigenvalue weighted by atomic mass is 10.1. The van der Waals surface area contributed by atoms with Crippen LogP contribution in [0, 0.1) is 4.91 Å². The number of carbonyl (C=O) groups is 1. The number of rotatable bonds is 9. The predicted molar refractivity (Wildman–Crippen MR) is 68.2 cm³/mol. The molecule has 0 aromatic heterocycles. The van der Waals surface area contributed by atoms with E-state index in [1.165, 1.54) is 0 Å². The van der Waals surface area contributed by atoms with Crippen molar-refractivity contribution in [1.82, 2.24) is 10.3 Å². The average Bonchev–Trinajstić information content (AvgIpc) is 2.39. The van der Waals surface area contributed by atoms with Gasteiger partial charge in [0, 0.05) is 5.88 Å². The summed E-state index contributed by atoms with van der Waals surface area (Å²) >= 11 is 5.42. The number of halogens is 1. The summed E-state index contributed by atoms with van der Waals surface area (Å²) in [7, 11) is 0. The van der Waals surface area contributed by atoms with Crippen molar-refractivity contribution in [2.45, 2.75) is 38.3 Å². The van der Waals surface area contributed by atoms with Gasteiger partial charge in [-0.15, -0.1) is 16.5 Å². The van der Waals surface area contributed by atoms with E-state index >= 15 is 0 Å². The zero-order valence-electron chi connectivity index (χ0n) is 10.4. The Labute approximate surface area is 111 Å². The number of hydrogen-bond acceptors (Lipinski definition) is 5. The van der Waals surface area contributed by atoms with Crippen molar-refractivity contribution in [2.75, 3.05) is 19.0 Å². The van der Waals surface area contributed by atoms with Crippen LogP contribution in [-0.4, -0.2) is 52.4 Å². The number of nitrogens with one attached hydrogen (secondary N) is 1. The number of unbranched alkanes of at least 4 members (excludes halogenated alkanes) is 1. The van der Waals surface area contributed by atoms with Crippen molar-refractivity contribution in [3.8, 4) is 0 Å². The van der Waals surface area contributed by atoms with Gasteiger partial charge in [-0.1, -0.05) is 19.8 Å². The molecule has 7 nitrogen and oxygen atoms in total. The Morgan fingerprint density at radius 2 is 2.22 bits per heavy atom. The summed E-state index contributed by atoms with van der Waals surface area (Å²) in [6, 6.07) is -1.33. The molecule has 0 aliphatic heterocycles. The molecule has 0 saturated carbocycles. The molecule has 0 aliphatic rings. The van der Waals surface area contributed by atoms with Crippen LogP contribution in [0.3, 0.4) is 0 Å². The summed E-state index contributed by atoms with van der Waals surface area (Å²) < 4.78 is 0. The molecule has 106 valence electrons. The minimum absolute atomic E-state index is 0.00733. The Morgan fingerprint density at radius 3 is 2.67 bits per heavy atom. The van der Waals surface area contributed by atoms with E-state index in [1.807, 2.05) is 6.92 Å². The fourth-order valence-electron chi connectivity index (χ4n) is 1.40. The van der Waals surface area contributed by atoms with Gasteiger partial charge in [0.25, 0.3) is 0 Å². The van der Waals surface area contributed by atoms with Crippen molar-refractivity contribution in [1.29, 1.82) is 0 Å². The number of amides is 2. The molecule has 2 atom stereocenters. The van der Waals surface area contributed by atoms with E-state index in [1.54, 1.807) is 0 Å². The van der Waals surface area contributed by atoms with Gasteiger partial charge in [-0.3, -0.25) is 0 Å². The highest BCUT2D eigenvalue weighted by Crippen LogP contribution is 2.06. The molecule has 0 spiro atoms. The Hall–Kier alpha value is -0.920. The fraction of sp³-hybridized carbons (Fsp3) is 0.900.